The van der Waals surface area contributed by atoms with E-state index in [1.807, 2.05) is 43.3 Å². The molecule has 0 saturated heterocycles. The first kappa shape index (κ1) is 19.9. The van der Waals surface area contributed by atoms with Crippen molar-refractivity contribution in [3.05, 3.63) is 85.8 Å². The lowest BCUT2D eigenvalue weighted by Gasteiger charge is -2.01. The molecule has 5 aromatic rings. The number of nitrogens with zero attached hydrogens (tertiary/aromatic N) is 3. The van der Waals surface area contributed by atoms with Crippen molar-refractivity contribution in [1.82, 2.24) is 14.3 Å². The van der Waals surface area contributed by atoms with Crippen LogP contribution in [0.25, 0.3) is 31.8 Å². The normalized spacial score (nSPS) is 12.2. The number of rotatable bonds is 4. The van der Waals surface area contributed by atoms with Crippen molar-refractivity contribution in [2.75, 3.05) is 14.1 Å². The molecule has 5 nitrogen and oxygen atoms in total. The predicted molar refractivity (Wildman–Crippen MR) is 128 cm³/mol. The van der Waals surface area contributed by atoms with Gasteiger partial charge >= 0.3 is 0 Å². The summed E-state index contributed by atoms with van der Waals surface area (Å²) in [5.41, 5.74) is 2.28. The van der Waals surface area contributed by atoms with Crippen molar-refractivity contribution in [2.24, 2.45) is 0 Å². The summed E-state index contributed by atoms with van der Waals surface area (Å²) in [5, 5.41) is 1.33. The molecule has 154 valence electrons. The number of aromatic nitrogens is 2. The van der Waals surface area contributed by atoms with Crippen LogP contribution in [0, 0.1) is 0 Å². The molecule has 3 heterocycles. The molecule has 0 saturated carbocycles. The van der Waals surface area contributed by atoms with E-state index in [0.29, 0.717) is 20.8 Å². The highest BCUT2D eigenvalue weighted by Crippen LogP contribution is 2.35. The SMILES string of the molecule is CN(C)C=c1sc2c(-c3nc4ccccc4s3)cc(C(=O)c3ccc(Cl)cc3)n2c1=O. The second-order valence-corrected chi connectivity index (χ2v) is 9.77. The minimum Gasteiger partial charge on any atom is -0.382 e. The Bertz CT molecular complexity index is 1530. The Hall–Kier alpha value is -3.00. The van der Waals surface area contributed by atoms with Gasteiger partial charge in [-0.2, -0.15) is 0 Å². The van der Waals surface area contributed by atoms with Crippen LogP contribution in [0.4, 0.5) is 0 Å². The number of para-hydroxylation sites is 1. The van der Waals surface area contributed by atoms with Crippen LogP contribution >= 0.6 is 34.3 Å². The van der Waals surface area contributed by atoms with Crippen molar-refractivity contribution in [2.45, 2.75) is 0 Å². The molecule has 31 heavy (non-hydrogen) atoms. The number of hydrogen-bond donors (Lipinski definition) is 0. The maximum absolute atomic E-state index is 13.3. The Labute approximate surface area is 190 Å². The molecule has 2 aromatic carbocycles. The van der Waals surface area contributed by atoms with Crippen LogP contribution in [0.1, 0.15) is 16.1 Å². The molecule has 0 unspecified atom stereocenters. The third-order valence-corrected chi connectivity index (χ3v) is 7.23. The number of halogens is 1. The predicted octanol–water partition coefficient (Wildman–Crippen LogP) is 4.54. The summed E-state index contributed by atoms with van der Waals surface area (Å²) < 4.78 is 3.13. The summed E-state index contributed by atoms with van der Waals surface area (Å²) in [6.45, 7) is 0. The highest BCUT2D eigenvalue weighted by atomic mass is 35.5. The zero-order chi connectivity index (χ0) is 21.7. The van der Waals surface area contributed by atoms with Gasteiger partial charge in [-0.3, -0.25) is 14.0 Å². The van der Waals surface area contributed by atoms with Crippen LogP contribution in [-0.2, 0) is 0 Å². The number of thiazole rings is 2. The van der Waals surface area contributed by atoms with E-state index in [1.165, 1.54) is 15.7 Å². The van der Waals surface area contributed by atoms with E-state index >= 15 is 0 Å². The third-order valence-electron chi connectivity index (χ3n) is 4.81. The molecular formula is C23H16ClN3O2S2. The maximum atomic E-state index is 13.3. The fraction of sp³-hybridized carbons (Fsp3) is 0.0870. The van der Waals surface area contributed by atoms with Gasteiger partial charge in [0.2, 0.25) is 5.78 Å². The molecule has 0 N–H and O–H groups in total. The molecule has 5 rings (SSSR count). The fourth-order valence-corrected chi connectivity index (χ4v) is 5.79. The van der Waals surface area contributed by atoms with Gasteiger partial charge in [0.25, 0.3) is 5.56 Å². The summed E-state index contributed by atoms with van der Waals surface area (Å²) >= 11 is 8.89. The largest absolute Gasteiger partial charge is 0.382 e. The lowest BCUT2D eigenvalue weighted by Crippen LogP contribution is -2.27. The number of carbonyl (C=O) groups is 1. The minimum atomic E-state index is -0.231. The van der Waals surface area contributed by atoms with Crippen LogP contribution in [0.5, 0.6) is 0 Å². The minimum absolute atomic E-state index is 0.210. The molecule has 0 fully saturated rings. The summed E-state index contributed by atoms with van der Waals surface area (Å²) in [6, 6.07) is 16.4. The van der Waals surface area contributed by atoms with Crippen molar-refractivity contribution >= 4 is 61.3 Å². The number of benzene rings is 2. The molecular weight excluding hydrogens is 450 g/mol. The van der Waals surface area contributed by atoms with Crippen molar-refractivity contribution in [3.8, 4) is 10.6 Å². The van der Waals surface area contributed by atoms with E-state index in [-0.39, 0.29) is 11.3 Å². The van der Waals surface area contributed by atoms with E-state index in [1.54, 1.807) is 47.9 Å². The van der Waals surface area contributed by atoms with E-state index in [0.717, 1.165) is 25.6 Å². The highest BCUT2D eigenvalue weighted by molar-refractivity contribution is 7.22. The molecule has 0 amide bonds. The number of ketones is 1. The molecule has 0 aliphatic rings. The molecule has 8 heteroatoms. The van der Waals surface area contributed by atoms with Gasteiger partial charge in [-0.15, -0.1) is 22.7 Å². The van der Waals surface area contributed by atoms with E-state index < -0.39 is 0 Å². The number of hydrogen-bond acceptors (Lipinski definition) is 6. The lowest BCUT2D eigenvalue weighted by atomic mass is 10.1. The molecule has 0 aliphatic carbocycles. The Morgan fingerprint density at radius 1 is 1.10 bits per heavy atom. The quantitative estimate of drug-likeness (QED) is 0.366. The van der Waals surface area contributed by atoms with Crippen molar-refractivity contribution in [1.29, 1.82) is 0 Å². The Balaban J connectivity index is 1.79. The zero-order valence-electron chi connectivity index (χ0n) is 16.6. The molecule has 3 aromatic heterocycles. The van der Waals surface area contributed by atoms with Gasteiger partial charge < -0.3 is 4.90 Å². The molecule has 0 aliphatic heterocycles. The molecule has 0 bridgehead atoms. The second-order valence-electron chi connectivity index (χ2n) is 7.27. The van der Waals surface area contributed by atoms with Crippen LogP contribution in [-0.4, -0.2) is 34.2 Å². The van der Waals surface area contributed by atoms with Gasteiger partial charge in [-0.25, -0.2) is 4.98 Å². The topological polar surface area (TPSA) is 54.7 Å². The molecule has 0 atom stereocenters. The monoisotopic (exact) mass is 465 g/mol. The molecule has 0 radical (unpaired) electrons. The maximum Gasteiger partial charge on any atom is 0.275 e. The van der Waals surface area contributed by atoms with Gasteiger partial charge in [-0.1, -0.05) is 23.7 Å². The van der Waals surface area contributed by atoms with E-state index in [2.05, 4.69) is 0 Å². The van der Waals surface area contributed by atoms with Crippen LogP contribution < -0.4 is 10.1 Å². The van der Waals surface area contributed by atoms with Crippen LogP contribution in [0.3, 0.4) is 0 Å². The first-order valence-electron chi connectivity index (χ1n) is 9.45. The van der Waals surface area contributed by atoms with Gasteiger partial charge in [0.1, 0.15) is 14.4 Å². The zero-order valence-corrected chi connectivity index (χ0v) is 19.0. The average molecular weight is 466 g/mol. The Kier molecular flexibility index (Phi) is 4.89. The summed E-state index contributed by atoms with van der Waals surface area (Å²) in [6.07, 6.45) is 1.78. The van der Waals surface area contributed by atoms with Gasteiger partial charge in [-0.05, 0) is 42.5 Å². The van der Waals surface area contributed by atoms with Crippen LogP contribution in [0.15, 0.2) is 59.4 Å². The van der Waals surface area contributed by atoms with Gasteiger partial charge in [0.15, 0.2) is 0 Å². The fourth-order valence-electron chi connectivity index (χ4n) is 3.43. The summed E-state index contributed by atoms with van der Waals surface area (Å²) in [7, 11) is 3.73. The van der Waals surface area contributed by atoms with Gasteiger partial charge in [0.05, 0.1) is 15.9 Å². The number of fused-ring (bicyclic) bond motifs is 2. The standard InChI is InChI=1S/C23H16ClN3O2S2/c1-26(2)12-19-22(29)27-17(20(28)13-7-9-14(24)10-8-13)11-15(23(27)31-19)21-25-16-5-3-4-6-18(16)30-21/h3-12H,1-2H3. The second kappa shape index (κ2) is 7.60. The van der Waals surface area contributed by atoms with Gasteiger partial charge in [0, 0.05) is 36.4 Å². The van der Waals surface area contributed by atoms with E-state index in [4.69, 9.17) is 16.6 Å². The van der Waals surface area contributed by atoms with E-state index in [9.17, 15) is 9.59 Å². The van der Waals surface area contributed by atoms with Crippen molar-refractivity contribution < 1.29 is 4.79 Å². The number of carbonyl (C=O) groups excluding carboxylic acids is 1. The molecule has 0 spiro atoms. The lowest BCUT2D eigenvalue weighted by molar-refractivity contribution is 0.103. The average Bonchev–Trinajstić information content (AvgIpc) is 3.41. The third kappa shape index (κ3) is 3.44. The Morgan fingerprint density at radius 3 is 2.55 bits per heavy atom. The first-order chi connectivity index (χ1) is 14.9. The summed E-state index contributed by atoms with van der Waals surface area (Å²) in [5.74, 6) is -0.231. The van der Waals surface area contributed by atoms with Crippen molar-refractivity contribution in [3.63, 3.8) is 0 Å². The highest BCUT2D eigenvalue weighted by Gasteiger charge is 2.23. The Morgan fingerprint density at radius 2 is 1.84 bits per heavy atom. The summed E-state index contributed by atoms with van der Waals surface area (Å²) in [4.78, 5) is 33.8. The first-order valence-corrected chi connectivity index (χ1v) is 11.5. The van der Waals surface area contributed by atoms with Crippen LogP contribution in [0.2, 0.25) is 5.02 Å². The smallest absolute Gasteiger partial charge is 0.275 e.